The number of allylic oxidation sites excluding steroid dienone is 16. The van der Waals surface area contributed by atoms with Gasteiger partial charge >= 0.3 is 19.8 Å². The van der Waals surface area contributed by atoms with E-state index in [0.29, 0.717) is 12.8 Å². The van der Waals surface area contributed by atoms with Gasteiger partial charge in [-0.3, -0.25) is 18.6 Å². The monoisotopic (exact) mass is 981 g/mol. The number of unbranched alkanes of at least 4 members (excludes halogenated alkanes) is 5. The average molecular weight is 981 g/mol. The lowest BCUT2D eigenvalue weighted by Crippen LogP contribution is -2.64. The van der Waals surface area contributed by atoms with Crippen LogP contribution in [0.3, 0.4) is 0 Å². The Bertz CT molecular complexity index is 1650. The molecule has 0 heterocycles. The van der Waals surface area contributed by atoms with E-state index in [1.807, 2.05) is 18.2 Å². The number of hydrogen-bond acceptors (Lipinski definition) is 15. The van der Waals surface area contributed by atoms with Crippen LogP contribution in [0.15, 0.2) is 109 Å². The maximum Gasteiger partial charge on any atom is 0.472 e. The van der Waals surface area contributed by atoms with Gasteiger partial charge in [0.05, 0.1) is 24.9 Å². The van der Waals surface area contributed by atoms with Crippen LogP contribution in [0.25, 0.3) is 0 Å². The first-order chi connectivity index (χ1) is 32.6. The van der Waals surface area contributed by atoms with Crippen molar-refractivity contribution in [3.8, 4) is 0 Å². The minimum atomic E-state index is -5.23. The molecule has 1 fully saturated rings. The van der Waals surface area contributed by atoms with Gasteiger partial charge in [0.25, 0.3) is 0 Å². The standard InChI is InChI=1S/C51H81O16P/c1-3-5-7-8-9-10-11-12-13-14-15-16-17-18-19-20-21-26-30-36-45(56)66-41(39-65-68(62,63)67-51-49(60)47(58)46(57)48(59)50(51)61)38-64-44(55)37-31-35-43(54)42(53)34-29-25-23-22-24-28-33-40(52)32-27-6-4-2/h9-10,12-13,15-16,18-19,21-26,28-29,33-34,40-43,46-54,57-61H,3-8,11,14,17,20,27,30-32,35-39H2,1-2H3,(H,62,63)/b10-9-,13-12-,16-15-,19-18-,24-22-,25-23+,26-21-,33-28+,34-29+/t40-,41-,42-,43-,46?,47-,48+,49-,50-,51?/m1/s1. The molecule has 0 spiro atoms. The normalized spacial score (nSPS) is 23.4. The largest absolute Gasteiger partial charge is 0.472 e. The fourth-order valence-electron chi connectivity index (χ4n) is 6.42. The number of esters is 2. The van der Waals surface area contributed by atoms with Gasteiger partial charge in [0.1, 0.15) is 43.2 Å². The molecule has 1 aliphatic rings. The summed E-state index contributed by atoms with van der Waals surface area (Å²) < 4.78 is 33.2. The van der Waals surface area contributed by atoms with Gasteiger partial charge in [-0.05, 0) is 64.2 Å². The van der Waals surface area contributed by atoms with Crippen LogP contribution in [0, 0.1) is 0 Å². The second-order valence-corrected chi connectivity index (χ2v) is 17.9. The minimum Gasteiger partial charge on any atom is -0.462 e. The third-order valence-electron chi connectivity index (χ3n) is 10.5. The molecule has 0 aliphatic heterocycles. The number of carbonyl (C=O) groups excluding carboxylic acids is 2. The first kappa shape index (κ1) is 62.4. The van der Waals surface area contributed by atoms with E-state index in [1.54, 1.807) is 48.6 Å². The highest BCUT2D eigenvalue weighted by Crippen LogP contribution is 2.47. The average Bonchev–Trinajstić information content (AvgIpc) is 3.31. The molecule has 16 nitrogen and oxygen atoms in total. The van der Waals surface area contributed by atoms with Gasteiger partial charge in [-0.25, -0.2) is 4.57 Å². The van der Waals surface area contributed by atoms with E-state index >= 15 is 0 Å². The first-order valence-corrected chi connectivity index (χ1v) is 25.5. The lowest BCUT2D eigenvalue weighted by molar-refractivity contribution is -0.220. The van der Waals surface area contributed by atoms with Crippen LogP contribution >= 0.6 is 7.82 Å². The lowest BCUT2D eigenvalue weighted by atomic mass is 9.85. The molecule has 9 N–H and O–H groups in total. The van der Waals surface area contributed by atoms with E-state index in [9.17, 15) is 59.9 Å². The Morgan fingerprint density at radius 3 is 1.63 bits per heavy atom. The maximum absolute atomic E-state index is 12.8. The van der Waals surface area contributed by atoms with Crippen molar-refractivity contribution in [2.24, 2.45) is 0 Å². The van der Waals surface area contributed by atoms with E-state index in [0.717, 1.165) is 44.9 Å². The molecule has 1 saturated carbocycles. The quantitative estimate of drug-likeness (QED) is 0.0105. The molecule has 0 amide bonds. The zero-order chi connectivity index (χ0) is 50.4. The first-order valence-electron chi connectivity index (χ1n) is 24.0. The number of aliphatic hydroxyl groups is 8. The number of hydrogen-bond donors (Lipinski definition) is 9. The van der Waals surface area contributed by atoms with Crippen LogP contribution in [0.5, 0.6) is 0 Å². The Labute approximate surface area is 403 Å². The Hall–Kier alpha value is -3.61. The van der Waals surface area contributed by atoms with E-state index in [1.165, 1.54) is 25.3 Å². The van der Waals surface area contributed by atoms with Crippen molar-refractivity contribution in [3.05, 3.63) is 109 Å². The summed E-state index contributed by atoms with van der Waals surface area (Å²) in [5, 5.41) is 80.7. The molecule has 0 saturated heterocycles. The second-order valence-electron chi connectivity index (χ2n) is 16.5. The van der Waals surface area contributed by atoms with E-state index < -0.39 is 94.0 Å². The molecule has 0 aromatic rings. The molecule has 17 heteroatoms. The molecule has 1 aliphatic carbocycles. The Kier molecular flexibility index (Phi) is 35.9. The molecule has 0 bridgehead atoms. The summed E-state index contributed by atoms with van der Waals surface area (Å²) in [5.41, 5.74) is 0. The van der Waals surface area contributed by atoms with Gasteiger partial charge in [0, 0.05) is 12.8 Å². The van der Waals surface area contributed by atoms with Gasteiger partial charge in [-0.15, -0.1) is 0 Å². The molecular weight excluding hydrogens is 900 g/mol. The van der Waals surface area contributed by atoms with Gasteiger partial charge in [-0.2, -0.15) is 0 Å². The summed E-state index contributed by atoms with van der Waals surface area (Å²) in [6.07, 6.45) is 29.2. The van der Waals surface area contributed by atoms with Crippen LogP contribution in [0.4, 0.5) is 0 Å². The maximum atomic E-state index is 12.8. The number of phosphoric ester groups is 1. The smallest absolute Gasteiger partial charge is 0.462 e. The van der Waals surface area contributed by atoms with Crippen LogP contribution < -0.4 is 0 Å². The number of ether oxygens (including phenoxy) is 2. The summed E-state index contributed by atoms with van der Waals surface area (Å²) in [4.78, 5) is 35.8. The molecule has 0 aromatic carbocycles. The van der Waals surface area contributed by atoms with Crippen LogP contribution in [-0.4, -0.2) is 132 Å². The summed E-state index contributed by atoms with van der Waals surface area (Å²) in [5.74, 6) is -1.54. The predicted molar refractivity (Wildman–Crippen MR) is 262 cm³/mol. The fraction of sp³-hybridized carbons (Fsp3) is 0.608. The van der Waals surface area contributed by atoms with Crippen molar-refractivity contribution < 1.29 is 78.4 Å². The van der Waals surface area contributed by atoms with Crippen molar-refractivity contribution in [1.82, 2.24) is 0 Å². The van der Waals surface area contributed by atoms with Crippen molar-refractivity contribution in [3.63, 3.8) is 0 Å². The molecule has 386 valence electrons. The molecule has 3 unspecified atom stereocenters. The number of rotatable bonds is 37. The van der Waals surface area contributed by atoms with Gasteiger partial charge in [0.15, 0.2) is 6.10 Å². The number of carbonyl (C=O) groups is 2. The molecule has 0 radical (unpaired) electrons. The van der Waals surface area contributed by atoms with Crippen molar-refractivity contribution in [1.29, 1.82) is 0 Å². The van der Waals surface area contributed by atoms with E-state index in [-0.39, 0.29) is 32.1 Å². The predicted octanol–water partition coefficient (Wildman–Crippen LogP) is 6.52. The van der Waals surface area contributed by atoms with Crippen molar-refractivity contribution >= 4 is 19.8 Å². The highest BCUT2D eigenvalue weighted by atomic mass is 31.2. The highest BCUT2D eigenvalue weighted by molar-refractivity contribution is 7.47. The Morgan fingerprint density at radius 1 is 0.559 bits per heavy atom. The van der Waals surface area contributed by atoms with Gasteiger partial charge in [-0.1, -0.05) is 155 Å². The van der Waals surface area contributed by atoms with Gasteiger partial charge < -0.3 is 55.2 Å². The molecule has 68 heavy (non-hydrogen) atoms. The van der Waals surface area contributed by atoms with Crippen LogP contribution in [0.1, 0.15) is 123 Å². The molecule has 1 rings (SSSR count). The van der Waals surface area contributed by atoms with E-state index in [2.05, 4.69) is 50.3 Å². The topological polar surface area (TPSA) is 270 Å². The minimum absolute atomic E-state index is 0.0252. The number of phosphoric acid groups is 1. The second kappa shape index (κ2) is 39.1. The summed E-state index contributed by atoms with van der Waals surface area (Å²) in [6, 6.07) is 0. The zero-order valence-corrected chi connectivity index (χ0v) is 40.8. The van der Waals surface area contributed by atoms with E-state index in [4.69, 9.17) is 18.5 Å². The van der Waals surface area contributed by atoms with Crippen molar-refractivity contribution in [2.45, 2.75) is 184 Å². The SMILES string of the molecule is CCCCC/C=C\C/C=C\C/C=C\C/C=C\C/C=C\CCC(=O)O[C@H](COC(=O)CCC[C@@H](O)[C@H](O)/C=C/C=C/C=C\C=C\[C@H](O)CCCCC)COP(=O)(O)OC1[C@H](O)[C@H](O)C(O)[C@H](O)[C@H]1O. The lowest BCUT2D eigenvalue weighted by Gasteiger charge is -2.41. The molecule has 11 atom stereocenters. The number of aliphatic hydroxyl groups excluding tert-OH is 8. The van der Waals surface area contributed by atoms with Gasteiger partial charge in [0.2, 0.25) is 0 Å². The Balaban J connectivity index is 2.66. The van der Waals surface area contributed by atoms with Crippen LogP contribution in [-0.2, 0) is 32.7 Å². The zero-order valence-electron chi connectivity index (χ0n) is 39.9. The fourth-order valence-corrected chi connectivity index (χ4v) is 7.39. The third-order valence-corrected chi connectivity index (χ3v) is 11.5. The molecular formula is C51H81O16P. The van der Waals surface area contributed by atoms with Crippen molar-refractivity contribution in [2.75, 3.05) is 13.2 Å². The molecule has 0 aromatic heterocycles. The third kappa shape index (κ3) is 30.8. The highest BCUT2D eigenvalue weighted by Gasteiger charge is 2.51. The Morgan fingerprint density at radius 2 is 1.06 bits per heavy atom. The van der Waals surface area contributed by atoms with Crippen LogP contribution in [0.2, 0.25) is 0 Å². The summed E-state index contributed by atoms with van der Waals surface area (Å²) in [7, 11) is -5.23. The summed E-state index contributed by atoms with van der Waals surface area (Å²) in [6.45, 7) is 2.80. The summed E-state index contributed by atoms with van der Waals surface area (Å²) >= 11 is 0.